The lowest BCUT2D eigenvalue weighted by Crippen LogP contribution is -2.09. The van der Waals surface area contributed by atoms with E-state index < -0.39 is 5.97 Å². The van der Waals surface area contributed by atoms with Gasteiger partial charge in [-0.15, -0.1) is 0 Å². The van der Waals surface area contributed by atoms with Crippen molar-refractivity contribution in [2.24, 2.45) is 0 Å². The predicted octanol–water partition coefficient (Wildman–Crippen LogP) is 2.30. The number of rotatable bonds is 4. The minimum absolute atomic E-state index is 0. The number of hydrogen-bond donors (Lipinski definition) is 1. The van der Waals surface area contributed by atoms with Gasteiger partial charge in [-0.2, -0.15) is 13.5 Å². The van der Waals surface area contributed by atoms with Gasteiger partial charge in [0.1, 0.15) is 0 Å². The monoisotopic (exact) mass is 206 g/mol. The van der Waals surface area contributed by atoms with E-state index in [-0.39, 0.29) is 19.1 Å². The highest BCUT2D eigenvalue weighted by molar-refractivity contribution is 7.81. The molecule has 0 aliphatic carbocycles. The zero-order chi connectivity index (χ0) is 8.85. The van der Waals surface area contributed by atoms with Crippen molar-refractivity contribution in [2.45, 2.75) is 26.7 Å². The van der Waals surface area contributed by atoms with Gasteiger partial charge in [-0.25, -0.2) is 4.79 Å². The minimum Gasteiger partial charge on any atom is -0.478 e. The Morgan fingerprint density at radius 3 is 2.25 bits per heavy atom. The highest BCUT2D eigenvalue weighted by atomic mass is 32.1. The Hall–Kier alpha value is -0.350. The first-order chi connectivity index (χ1) is 5.13. The van der Waals surface area contributed by atoms with E-state index in [0.29, 0.717) is 17.7 Å². The van der Waals surface area contributed by atoms with Crippen LogP contribution in [0.5, 0.6) is 0 Å². The number of aliphatic carboxylic acids is 1. The summed E-state index contributed by atoms with van der Waals surface area (Å²) in [5, 5.41) is 8.65. The lowest BCUT2D eigenvalue weighted by atomic mass is 10.1. The average molecular weight is 206 g/mol. The van der Waals surface area contributed by atoms with Crippen LogP contribution in [0, 0.1) is 0 Å². The van der Waals surface area contributed by atoms with Crippen molar-refractivity contribution in [3.05, 3.63) is 11.6 Å². The van der Waals surface area contributed by atoms with Crippen molar-refractivity contribution >= 4 is 36.5 Å². The van der Waals surface area contributed by atoms with Gasteiger partial charge in [-0.3, -0.25) is 0 Å². The summed E-state index contributed by atoms with van der Waals surface area (Å²) in [5.74, 6) is -0.918. The molecular weight excluding hydrogens is 192 g/mol. The summed E-state index contributed by atoms with van der Waals surface area (Å²) in [5.41, 5.74) is 0.282. The highest BCUT2D eigenvalue weighted by Crippen LogP contribution is 2.04. The molecule has 0 heterocycles. The lowest BCUT2D eigenvalue weighted by Gasteiger charge is -1.99. The van der Waals surface area contributed by atoms with Crippen LogP contribution in [-0.4, -0.2) is 15.9 Å². The molecule has 0 spiro atoms. The molecule has 0 aromatic carbocycles. The van der Waals surface area contributed by atoms with Gasteiger partial charge < -0.3 is 5.11 Å². The van der Waals surface area contributed by atoms with Crippen molar-refractivity contribution in [3.63, 3.8) is 0 Å². The molecule has 0 rings (SSSR count). The summed E-state index contributed by atoms with van der Waals surface area (Å²) >= 11 is 4.87. The van der Waals surface area contributed by atoms with Crippen LogP contribution in [0.2, 0.25) is 0 Å². The summed E-state index contributed by atoms with van der Waals surface area (Å²) in [6.45, 7) is 3.75. The normalized spacial score (nSPS) is 10.3. The summed E-state index contributed by atoms with van der Waals surface area (Å²) in [6, 6.07) is 0. The van der Waals surface area contributed by atoms with Crippen LogP contribution in [-0.2, 0) is 4.79 Å². The molecular formula is C8H14O2S2. The molecule has 0 amide bonds. The van der Waals surface area contributed by atoms with Gasteiger partial charge in [-0.1, -0.05) is 32.1 Å². The lowest BCUT2D eigenvalue weighted by molar-refractivity contribution is -0.132. The van der Waals surface area contributed by atoms with E-state index in [1.165, 1.54) is 0 Å². The van der Waals surface area contributed by atoms with E-state index >= 15 is 0 Å². The van der Waals surface area contributed by atoms with Gasteiger partial charge in [0.05, 0.1) is 5.57 Å². The van der Waals surface area contributed by atoms with Crippen molar-refractivity contribution in [1.82, 2.24) is 0 Å². The van der Waals surface area contributed by atoms with E-state index in [1.54, 1.807) is 6.08 Å². The zero-order valence-electron chi connectivity index (χ0n) is 7.26. The van der Waals surface area contributed by atoms with Gasteiger partial charge in [0.25, 0.3) is 0 Å². The third-order valence-electron chi connectivity index (χ3n) is 1.26. The molecule has 4 heteroatoms. The van der Waals surface area contributed by atoms with E-state index in [4.69, 9.17) is 17.3 Å². The van der Waals surface area contributed by atoms with Crippen LogP contribution in [0.3, 0.4) is 0 Å². The maximum atomic E-state index is 10.5. The molecule has 0 saturated carbocycles. The van der Waals surface area contributed by atoms with Crippen LogP contribution < -0.4 is 0 Å². The second kappa shape index (κ2) is 7.31. The zero-order valence-corrected chi connectivity index (χ0v) is 9.07. The van der Waals surface area contributed by atoms with Gasteiger partial charge in [0, 0.05) is 4.86 Å². The SMILES string of the molecule is CCC=C(C(=O)O)C(=S)CC.S. The Balaban J connectivity index is 0. The fourth-order valence-electron chi connectivity index (χ4n) is 0.715. The van der Waals surface area contributed by atoms with Gasteiger partial charge >= 0.3 is 5.97 Å². The molecule has 12 heavy (non-hydrogen) atoms. The molecule has 1 N–H and O–H groups in total. The van der Waals surface area contributed by atoms with Crippen LogP contribution in [0.25, 0.3) is 0 Å². The number of hydrogen-bond acceptors (Lipinski definition) is 2. The van der Waals surface area contributed by atoms with Crippen molar-refractivity contribution in [2.75, 3.05) is 0 Å². The Morgan fingerprint density at radius 1 is 1.50 bits per heavy atom. The molecule has 0 bridgehead atoms. The second-order valence-corrected chi connectivity index (χ2v) is 2.60. The summed E-state index contributed by atoms with van der Waals surface area (Å²) < 4.78 is 0. The first-order valence-electron chi connectivity index (χ1n) is 3.60. The van der Waals surface area contributed by atoms with E-state index in [9.17, 15) is 4.79 Å². The van der Waals surface area contributed by atoms with E-state index in [1.807, 2.05) is 13.8 Å². The van der Waals surface area contributed by atoms with Crippen LogP contribution >= 0.6 is 25.7 Å². The maximum Gasteiger partial charge on any atom is 0.336 e. The van der Waals surface area contributed by atoms with Crippen LogP contribution in [0.4, 0.5) is 0 Å². The molecule has 0 fully saturated rings. The average Bonchev–Trinajstić information content (AvgIpc) is 1.98. The Kier molecular flexibility index (Phi) is 8.64. The topological polar surface area (TPSA) is 37.3 Å². The van der Waals surface area contributed by atoms with Crippen LogP contribution in [0.15, 0.2) is 11.6 Å². The minimum atomic E-state index is -0.918. The van der Waals surface area contributed by atoms with Gasteiger partial charge in [0.2, 0.25) is 0 Å². The van der Waals surface area contributed by atoms with E-state index in [0.717, 1.165) is 0 Å². The number of allylic oxidation sites excluding steroid dienone is 1. The molecule has 0 aliphatic heterocycles. The van der Waals surface area contributed by atoms with Crippen molar-refractivity contribution < 1.29 is 9.90 Å². The summed E-state index contributed by atoms with van der Waals surface area (Å²) in [4.78, 5) is 11.1. The number of thiocarbonyl (C=S) groups is 1. The predicted molar refractivity (Wildman–Crippen MR) is 59.3 cm³/mol. The quantitative estimate of drug-likeness (QED) is 0.566. The third kappa shape index (κ3) is 4.51. The molecule has 0 unspecified atom stereocenters. The number of carbonyl (C=O) groups is 1. The smallest absolute Gasteiger partial charge is 0.336 e. The molecule has 0 aromatic heterocycles. The first-order valence-corrected chi connectivity index (χ1v) is 4.00. The Bertz CT molecular complexity index is 197. The van der Waals surface area contributed by atoms with Gasteiger partial charge in [0.15, 0.2) is 0 Å². The fraction of sp³-hybridized carbons (Fsp3) is 0.500. The summed E-state index contributed by atoms with van der Waals surface area (Å²) in [6.07, 6.45) is 2.98. The molecule has 0 radical (unpaired) electrons. The molecule has 0 atom stereocenters. The van der Waals surface area contributed by atoms with Crippen molar-refractivity contribution in [1.29, 1.82) is 0 Å². The van der Waals surface area contributed by atoms with Crippen LogP contribution in [0.1, 0.15) is 26.7 Å². The van der Waals surface area contributed by atoms with E-state index in [2.05, 4.69) is 0 Å². The Morgan fingerprint density at radius 2 is 2.00 bits per heavy atom. The standard InChI is InChI=1S/C8H12O2S.H2S/c1-3-5-6(8(9)10)7(11)4-2;/h5H,3-4H2,1-2H3,(H,9,10);1H2. The maximum absolute atomic E-state index is 10.5. The molecule has 0 aliphatic rings. The highest BCUT2D eigenvalue weighted by Gasteiger charge is 2.09. The van der Waals surface area contributed by atoms with Crippen molar-refractivity contribution in [3.8, 4) is 0 Å². The molecule has 70 valence electrons. The fourth-order valence-corrected chi connectivity index (χ4v) is 0.886. The first kappa shape index (κ1) is 14.2. The molecule has 0 saturated heterocycles. The third-order valence-corrected chi connectivity index (χ3v) is 1.77. The number of carboxylic acids is 1. The Labute approximate surface area is 85.1 Å². The van der Waals surface area contributed by atoms with Gasteiger partial charge in [-0.05, 0) is 12.8 Å². The summed E-state index contributed by atoms with van der Waals surface area (Å²) in [7, 11) is 0. The molecule has 2 nitrogen and oxygen atoms in total. The molecule has 0 aromatic rings. The largest absolute Gasteiger partial charge is 0.478 e. The number of carboxylic acid groups (broad SMARTS) is 1. The second-order valence-electron chi connectivity index (χ2n) is 2.11.